The Hall–Kier alpha value is -1.06. The molecule has 0 aromatic rings. The SMILES string of the molecule is COC(F)(F)C(F)(F)C(=O)OC(F)C(F)F. The van der Waals surface area contributed by atoms with Gasteiger partial charge in [0.1, 0.15) is 0 Å². The summed E-state index contributed by atoms with van der Waals surface area (Å²) in [5.41, 5.74) is 0. The van der Waals surface area contributed by atoms with E-state index in [9.17, 15) is 35.5 Å². The average molecular weight is 258 g/mol. The monoisotopic (exact) mass is 258 g/mol. The minimum absolute atomic E-state index is 0.140. The lowest BCUT2D eigenvalue weighted by atomic mass is 10.3. The van der Waals surface area contributed by atoms with Gasteiger partial charge >= 0.3 is 30.8 Å². The van der Waals surface area contributed by atoms with Crippen molar-refractivity contribution in [2.45, 2.75) is 24.8 Å². The van der Waals surface area contributed by atoms with Gasteiger partial charge in [-0.1, -0.05) is 0 Å². The zero-order valence-electron chi connectivity index (χ0n) is 7.53. The van der Waals surface area contributed by atoms with Crippen molar-refractivity contribution in [2.24, 2.45) is 0 Å². The van der Waals surface area contributed by atoms with Crippen LogP contribution in [0.1, 0.15) is 0 Å². The Morgan fingerprint density at radius 1 is 1.12 bits per heavy atom. The van der Waals surface area contributed by atoms with E-state index in [0.29, 0.717) is 0 Å². The number of rotatable bonds is 5. The minimum atomic E-state index is -5.57. The van der Waals surface area contributed by atoms with Crippen molar-refractivity contribution in [2.75, 3.05) is 7.11 Å². The first-order valence-electron chi connectivity index (χ1n) is 3.50. The van der Waals surface area contributed by atoms with E-state index < -0.39 is 30.8 Å². The van der Waals surface area contributed by atoms with Crippen molar-refractivity contribution >= 4 is 5.97 Å². The number of carbonyl (C=O) groups excluding carboxylic acids is 1. The summed E-state index contributed by atoms with van der Waals surface area (Å²) in [7, 11) is 0.140. The Morgan fingerprint density at radius 2 is 1.56 bits per heavy atom. The highest BCUT2D eigenvalue weighted by Gasteiger charge is 2.65. The summed E-state index contributed by atoms with van der Waals surface area (Å²) in [6, 6.07) is 0. The number of alkyl halides is 7. The predicted molar refractivity (Wildman–Crippen MR) is 33.9 cm³/mol. The van der Waals surface area contributed by atoms with Crippen LogP contribution in [0.2, 0.25) is 0 Å². The van der Waals surface area contributed by atoms with Crippen molar-refractivity contribution in [1.82, 2.24) is 0 Å². The van der Waals surface area contributed by atoms with Crippen molar-refractivity contribution in [3.8, 4) is 0 Å². The number of esters is 1. The van der Waals surface area contributed by atoms with E-state index in [1.165, 1.54) is 0 Å². The van der Waals surface area contributed by atoms with E-state index in [0.717, 1.165) is 0 Å². The Labute approximate surface area is 84.1 Å². The lowest BCUT2D eigenvalue weighted by molar-refractivity contribution is -0.333. The number of methoxy groups -OCH3 is 1. The normalized spacial score (nSPS) is 15.1. The molecule has 0 amide bonds. The number of hydrogen-bond donors (Lipinski definition) is 0. The van der Waals surface area contributed by atoms with Gasteiger partial charge in [-0.25, -0.2) is 13.6 Å². The topological polar surface area (TPSA) is 35.5 Å². The van der Waals surface area contributed by atoms with Gasteiger partial charge in [0.15, 0.2) is 0 Å². The lowest BCUT2D eigenvalue weighted by Crippen LogP contribution is -2.50. The molecule has 0 saturated carbocycles. The Balaban J connectivity index is 4.72. The largest absolute Gasteiger partial charge is 0.431 e. The smallest absolute Gasteiger partial charge is 0.420 e. The van der Waals surface area contributed by atoms with Crippen LogP contribution in [0.4, 0.5) is 30.7 Å². The maximum atomic E-state index is 12.5. The summed E-state index contributed by atoms with van der Waals surface area (Å²) in [6.45, 7) is 0. The number of hydrogen-bond acceptors (Lipinski definition) is 3. The molecule has 0 aliphatic rings. The first-order valence-corrected chi connectivity index (χ1v) is 3.50. The second-order valence-corrected chi connectivity index (χ2v) is 2.39. The number of carbonyl (C=O) groups is 1. The summed E-state index contributed by atoms with van der Waals surface area (Å²) >= 11 is 0. The van der Waals surface area contributed by atoms with Crippen molar-refractivity contribution in [1.29, 1.82) is 0 Å². The van der Waals surface area contributed by atoms with E-state index in [1.54, 1.807) is 0 Å². The molecule has 16 heavy (non-hydrogen) atoms. The zero-order valence-corrected chi connectivity index (χ0v) is 7.53. The molecule has 0 N–H and O–H groups in total. The van der Waals surface area contributed by atoms with Gasteiger partial charge in [-0.15, -0.1) is 0 Å². The predicted octanol–water partition coefficient (Wildman–Crippen LogP) is 1.96. The van der Waals surface area contributed by atoms with Gasteiger partial charge in [0.05, 0.1) is 0 Å². The summed E-state index contributed by atoms with van der Waals surface area (Å²) in [6.07, 6.45) is -12.9. The molecule has 1 atom stereocenters. The van der Waals surface area contributed by atoms with Crippen LogP contribution in [0.15, 0.2) is 0 Å². The molecular formula is C6H5F7O3. The molecule has 1 unspecified atom stereocenters. The van der Waals surface area contributed by atoms with Crippen LogP contribution in [0, 0.1) is 0 Å². The highest BCUT2D eigenvalue weighted by Crippen LogP contribution is 2.36. The van der Waals surface area contributed by atoms with Gasteiger partial charge in [0.25, 0.3) is 0 Å². The molecule has 0 radical (unpaired) electrons. The fraction of sp³-hybridized carbons (Fsp3) is 0.833. The van der Waals surface area contributed by atoms with E-state index in [1.807, 2.05) is 0 Å². The third kappa shape index (κ3) is 2.97. The van der Waals surface area contributed by atoms with Gasteiger partial charge in [0.2, 0.25) is 0 Å². The minimum Gasteiger partial charge on any atom is -0.420 e. The maximum Gasteiger partial charge on any atom is 0.431 e. The van der Waals surface area contributed by atoms with Crippen LogP contribution in [-0.4, -0.2) is 37.9 Å². The molecule has 3 nitrogen and oxygen atoms in total. The van der Waals surface area contributed by atoms with E-state index in [2.05, 4.69) is 9.47 Å². The maximum absolute atomic E-state index is 12.5. The third-order valence-electron chi connectivity index (χ3n) is 1.30. The highest BCUT2D eigenvalue weighted by atomic mass is 19.3. The molecule has 96 valence electrons. The van der Waals surface area contributed by atoms with E-state index in [-0.39, 0.29) is 7.11 Å². The molecule has 0 aliphatic heterocycles. The molecule has 0 fully saturated rings. The van der Waals surface area contributed by atoms with Crippen LogP contribution in [0.25, 0.3) is 0 Å². The molecule has 0 bridgehead atoms. The fourth-order valence-corrected chi connectivity index (χ4v) is 0.475. The highest BCUT2D eigenvalue weighted by molar-refractivity contribution is 5.78. The molecule has 0 aromatic carbocycles. The van der Waals surface area contributed by atoms with Crippen LogP contribution < -0.4 is 0 Å². The third-order valence-corrected chi connectivity index (χ3v) is 1.30. The second-order valence-electron chi connectivity index (χ2n) is 2.39. The standard InChI is InChI=1S/C6H5F7O3/c1-15-6(12,13)5(10,11)4(14)16-3(9)2(7)8/h2-3H,1H3. The number of halogens is 7. The second kappa shape index (κ2) is 4.85. The summed E-state index contributed by atoms with van der Waals surface area (Å²) in [4.78, 5) is 10.3. The number of ether oxygens (including phenoxy) is 2. The van der Waals surface area contributed by atoms with Crippen molar-refractivity contribution in [3.63, 3.8) is 0 Å². The van der Waals surface area contributed by atoms with Crippen molar-refractivity contribution < 1.29 is 45.0 Å². The quantitative estimate of drug-likeness (QED) is 0.558. The summed E-state index contributed by atoms with van der Waals surface area (Å²) in [5.74, 6) is -8.71. The van der Waals surface area contributed by atoms with E-state index in [4.69, 9.17) is 0 Å². The van der Waals surface area contributed by atoms with Crippen LogP contribution in [-0.2, 0) is 14.3 Å². The molecule has 0 saturated heterocycles. The molecule has 10 heteroatoms. The molecule has 0 rings (SSSR count). The van der Waals surface area contributed by atoms with Crippen LogP contribution >= 0.6 is 0 Å². The van der Waals surface area contributed by atoms with Crippen LogP contribution in [0.3, 0.4) is 0 Å². The molecule has 0 heterocycles. The first-order chi connectivity index (χ1) is 7.06. The van der Waals surface area contributed by atoms with Gasteiger partial charge in [0, 0.05) is 7.11 Å². The Kier molecular flexibility index (Phi) is 4.53. The molecule has 0 aromatic heterocycles. The van der Waals surface area contributed by atoms with Gasteiger partial charge in [-0.05, 0) is 0 Å². The Bertz CT molecular complexity index is 255. The lowest BCUT2D eigenvalue weighted by Gasteiger charge is -2.23. The first kappa shape index (κ1) is 14.9. The fourth-order valence-electron chi connectivity index (χ4n) is 0.475. The zero-order chi connectivity index (χ0) is 13.1. The van der Waals surface area contributed by atoms with Crippen LogP contribution in [0.5, 0.6) is 0 Å². The van der Waals surface area contributed by atoms with Crippen molar-refractivity contribution in [3.05, 3.63) is 0 Å². The molecule has 0 aliphatic carbocycles. The average Bonchev–Trinajstić information content (AvgIpc) is 2.16. The Morgan fingerprint density at radius 3 is 1.88 bits per heavy atom. The molecule has 0 spiro atoms. The molecular weight excluding hydrogens is 253 g/mol. The van der Waals surface area contributed by atoms with Gasteiger partial charge < -0.3 is 9.47 Å². The summed E-state index contributed by atoms with van der Waals surface area (Å²) in [5, 5.41) is 0. The van der Waals surface area contributed by atoms with Gasteiger partial charge in [-0.2, -0.15) is 22.0 Å². The van der Waals surface area contributed by atoms with Gasteiger partial charge in [-0.3, -0.25) is 0 Å². The summed E-state index contributed by atoms with van der Waals surface area (Å²) < 4.78 is 90.1. The van der Waals surface area contributed by atoms with E-state index >= 15 is 0 Å².